The smallest absolute Gasteiger partial charge is 0.346 e. The normalized spacial score (nSPS) is 10.7. The molecule has 1 aromatic heterocycles. The quantitative estimate of drug-likeness (QED) is 0.113. The molecule has 1 heterocycles. The summed E-state index contributed by atoms with van der Waals surface area (Å²) in [4.78, 5) is 15.2. The number of benzene rings is 4. The van der Waals surface area contributed by atoms with Gasteiger partial charge >= 0.3 is 5.97 Å². The number of ether oxygens (including phenoxy) is 2. The van der Waals surface area contributed by atoms with Crippen LogP contribution in [0.4, 0.5) is 17.1 Å². The van der Waals surface area contributed by atoms with Gasteiger partial charge in [0.1, 0.15) is 23.1 Å². The summed E-state index contributed by atoms with van der Waals surface area (Å²) in [6.45, 7) is 0. The largest absolute Gasteiger partial charge is 0.497 e. The average Bonchev–Trinajstić information content (AvgIpc) is 3.53. The van der Waals surface area contributed by atoms with E-state index in [1.165, 1.54) is 6.08 Å². The zero-order valence-corrected chi connectivity index (χ0v) is 24.3. The van der Waals surface area contributed by atoms with Gasteiger partial charge in [0.2, 0.25) is 0 Å². The molecule has 5 rings (SSSR count). The van der Waals surface area contributed by atoms with Gasteiger partial charge < -0.3 is 19.5 Å². The summed E-state index contributed by atoms with van der Waals surface area (Å²) in [5.74, 6) is 6.87. The minimum Gasteiger partial charge on any atom is -0.497 e. The van der Waals surface area contributed by atoms with Gasteiger partial charge in [-0.25, -0.2) is 4.79 Å². The zero-order valence-electron chi connectivity index (χ0n) is 23.4. The molecule has 210 valence electrons. The van der Waals surface area contributed by atoms with Crippen LogP contribution in [0.3, 0.4) is 0 Å². The van der Waals surface area contributed by atoms with Crippen LogP contribution in [-0.2, 0) is 4.79 Å². The Hall–Kier alpha value is -5.76. The fourth-order valence-electron chi connectivity index (χ4n) is 4.35. The molecular formula is C36H26N2O4S. The first-order chi connectivity index (χ1) is 21.0. The van der Waals surface area contributed by atoms with Crippen molar-refractivity contribution < 1.29 is 19.4 Å². The van der Waals surface area contributed by atoms with Crippen molar-refractivity contribution in [3.63, 3.8) is 0 Å². The van der Waals surface area contributed by atoms with Crippen molar-refractivity contribution in [2.24, 2.45) is 0 Å². The van der Waals surface area contributed by atoms with E-state index in [-0.39, 0.29) is 5.57 Å². The third kappa shape index (κ3) is 6.94. The third-order valence-corrected chi connectivity index (χ3v) is 7.63. The van der Waals surface area contributed by atoms with Gasteiger partial charge in [-0.2, -0.15) is 5.26 Å². The number of thiophene rings is 1. The maximum Gasteiger partial charge on any atom is 0.346 e. The predicted octanol–water partition coefficient (Wildman–Crippen LogP) is 8.29. The fourth-order valence-corrected chi connectivity index (χ4v) is 5.21. The second kappa shape index (κ2) is 13.3. The maximum absolute atomic E-state index is 11.1. The van der Waals surface area contributed by atoms with Crippen molar-refractivity contribution in [3.05, 3.63) is 131 Å². The number of methoxy groups -OCH3 is 2. The molecule has 6 nitrogen and oxygen atoms in total. The monoisotopic (exact) mass is 582 g/mol. The van der Waals surface area contributed by atoms with E-state index in [0.717, 1.165) is 49.4 Å². The Labute approximate surface area is 254 Å². The lowest BCUT2D eigenvalue weighted by atomic mass is 10.1. The molecule has 0 fully saturated rings. The van der Waals surface area contributed by atoms with Crippen molar-refractivity contribution in [2.45, 2.75) is 0 Å². The molecule has 0 atom stereocenters. The van der Waals surface area contributed by atoms with Crippen LogP contribution in [0.15, 0.2) is 115 Å². The van der Waals surface area contributed by atoms with Gasteiger partial charge in [-0.1, -0.05) is 36.1 Å². The van der Waals surface area contributed by atoms with Crippen molar-refractivity contribution in [2.75, 3.05) is 19.1 Å². The van der Waals surface area contributed by atoms with E-state index in [1.54, 1.807) is 43.8 Å². The molecule has 0 radical (unpaired) electrons. The van der Waals surface area contributed by atoms with Crippen LogP contribution in [0, 0.1) is 23.2 Å². The molecule has 0 aliphatic carbocycles. The lowest BCUT2D eigenvalue weighted by Crippen LogP contribution is -2.09. The minimum atomic E-state index is -1.24. The van der Waals surface area contributed by atoms with E-state index in [4.69, 9.17) is 19.8 Å². The summed E-state index contributed by atoms with van der Waals surface area (Å²) < 4.78 is 10.7. The van der Waals surface area contributed by atoms with Crippen LogP contribution in [0.5, 0.6) is 11.5 Å². The predicted molar refractivity (Wildman–Crippen MR) is 171 cm³/mol. The lowest BCUT2D eigenvalue weighted by molar-refractivity contribution is -0.132. The molecule has 0 aliphatic rings. The second-order valence-corrected chi connectivity index (χ2v) is 10.4. The van der Waals surface area contributed by atoms with Crippen LogP contribution >= 0.6 is 11.3 Å². The summed E-state index contributed by atoms with van der Waals surface area (Å²) in [6, 6.07) is 37.1. The molecule has 0 spiro atoms. The molecule has 0 amide bonds. The first-order valence-electron chi connectivity index (χ1n) is 13.2. The number of hydrogen-bond donors (Lipinski definition) is 1. The Morgan fingerprint density at radius 2 is 1.28 bits per heavy atom. The summed E-state index contributed by atoms with van der Waals surface area (Å²) in [6.07, 6.45) is 1.36. The first-order valence-corrected chi connectivity index (χ1v) is 14.0. The van der Waals surface area contributed by atoms with Gasteiger partial charge in [0, 0.05) is 27.5 Å². The van der Waals surface area contributed by atoms with Crippen LogP contribution in [0.2, 0.25) is 0 Å². The Morgan fingerprint density at radius 1 is 0.744 bits per heavy atom. The van der Waals surface area contributed by atoms with E-state index in [1.807, 2.05) is 84.9 Å². The summed E-state index contributed by atoms with van der Waals surface area (Å²) in [5, 5.41) is 18.0. The molecule has 7 heteroatoms. The van der Waals surface area contributed by atoms with Crippen LogP contribution in [-0.4, -0.2) is 25.3 Å². The van der Waals surface area contributed by atoms with E-state index < -0.39 is 5.97 Å². The minimum absolute atomic E-state index is 0.302. The van der Waals surface area contributed by atoms with Crippen molar-refractivity contribution in [3.8, 4) is 39.8 Å². The molecule has 0 unspecified atom stereocenters. The van der Waals surface area contributed by atoms with Crippen LogP contribution in [0.25, 0.3) is 16.5 Å². The van der Waals surface area contributed by atoms with Gasteiger partial charge in [0.15, 0.2) is 0 Å². The van der Waals surface area contributed by atoms with E-state index in [9.17, 15) is 4.79 Å². The highest BCUT2D eigenvalue weighted by Gasteiger charge is 2.13. The third-order valence-electron chi connectivity index (χ3n) is 6.58. The highest BCUT2D eigenvalue weighted by atomic mass is 32.1. The number of nitriles is 1. The summed E-state index contributed by atoms with van der Waals surface area (Å²) in [5.41, 5.74) is 5.21. The van der Waals surface area contributed by atoms with Gasteiger partial charge in [0.25, 0.3) is 0 Å². The van der Waals surface area contributed by atoms with E-state index in [0.29, 0.717) is 5.56 Å². The number of nitrogens with zero attached hydrogens (tertiary/aromatic N) is 2. The highest BCUT2D eigenvalue weighted by Crippen LogP contribution is 2.36. The van der Waals surface area contributed by atoms with Gasteiger partial charge in [0.05, 0.1) is 19.1 Å². The Bertz CT molecular complexity index is 1810. The van der Waals surface area contributed by atoms with E-state index in [2.05, 4.69) is 28.9 Å². The number of rotatable bonds is 8. The summed E-state index contributed by atoms with van der Waals surface area (Å²) in [7, 11) is 3.31. The number of carbonyl (C=O) groups is 1. The van der Waals surface area contributed by atoms with Crippen LogP contribution < -0.4 is 14.4 Å². The Kier molecular flexibility index (Phi) is 8.87. The highest BCUT2D eigenvalue weighted by molar-refractivity contribution is 7.16. The second-order valence-electron chi connectivity index (χ2n) is 9.29. The van der Waals surface area contributed by atoms with E-state index >= 15 is 0 Å². The molecule has 0 saturated heterocycles. The maximum atomic E-state index is 11.1. The molecule has 1 N–H and O–H groups in total. The van der Waals surface area contributed by atoms with Crippen molar-refractivity contribution in [1.29, 1.82) is 5.26 Å². The Morgan fingerprint density at radius 3 is 1.77 bits per heavy atom. The van der Waals surface area contributed by atoms with Crippen molar-refractivity contribution in [1.82, 2.24) is 0 Å². The number of carboxylic acids is 1. The van der Waals surface area contributed by atoms with Crippen molar-refractivity contribution >= 4 is 40.4 Å². The van der Waals surface area contributed by atoms with Gasteiger partial charge in [-0.3, -0.25) is 0 Å². The average molecular weight is 583 g/mol. The SMILES string of the molecule is COc1ccc(N(c2ccc(C#Cc3ccc(-c4ccc(/C=C(\C#N)C(=O)O)cc4)s3)cc2)c2ccc(OC)cc2)cc1. The number of anilines is 3. The molecule has 0 bridgehead atoms. The molecular weight excluding hydrogens is 556 g/mol. The fraction of sp³-hybridized carbons (Fsp3) is 0.0556. The lowest BCUT2D eigenvalue weighted by Gasteiger charge is -2.25. The Balaban J connectivity index is 1.35. The zero-order chi connectivity index (χ0) is 30.2. The van der Waals surface area contributed by atoms with Gasteiger partial charge in [-0.15, -0.1) is 11.3 Å². The first kappa shape index (κ1) is 28.8. The number of aliphatic carboxylic acids is 1. The summed E-state index contributed by atoms with van der Waals surface area (Å²) >= 11 is 1.58. The van der Waals surface area contributed by atoms with Gasteiger partial charge in [-0.05, 0) is 102 Å². The number of carboxylic acid groups (broad SMARTS) is 1. The molecule has 4 aromatic carbocycles. The van der Waals surface area contributed by atoms with Crippen LogP contribution in [0.1, 0.15) is 16.0 Å². The number of hydrogen-bond acceptors (Lipinski definition) is 6. The topological polar surface area (TPSA) is 82.8 Å². The molecule has 0 saturated carbocycles. The molecule has 5 aromatic rings. The molecule has 43 heavy (non-hydrogen) atoms. The molecule has 0 aliphatic heterocycles. The standard InChI is InChI=1S/C36H26N2O4S/c1-41-32-16-12-30(13-17-32)38(31-14-18-33(42-2)19-15-31)29-10-5-25(6-11-29)7-20-34-21-22-35(43-34)27-8-3-26(4-9-27)23-28(24-37)36(39)40/h3-6,8-19,21-23H,1-2H3,(H,39,40)/b28-23+.